The third-order valence-corrected chi connectivity index (χ3v) is 6.64. The molecule has 1 atom stereocenters. The number of fused-ring (bicyclic) bond motifs is 1. The third kappa shape index (κ3) is 3.15. The number of hydrogen-bond donors (Lipinski definition) is 0. The molecule has 2 amide bonds. The molecule has 1 aliphatic rings. The first kappa shape index (κ1) is 16.8. The van der Waals surface area contributed by atoms with Gasteiger partial charge in [0.2, 0.25) is 11.8 Å². The average Bonchev–Trinajstić information content (AvgIpc) is 3.11. The number of anilines is 1. The van der Waals surface area contributed by atoms with Gasteiger partial charge in [0.05, 0.1) is 20.9 Å². The number of benzene rings is 2. The average molecular weight is 409 g/mol. The predicted molar refractivity (Wildman–Crippen MR) is 103 cm³/mol. The first-order chi connectivity index (χ1) is 12.0. The summed E-state index contributed by atoms with van der Waals surface area (Å²) in [6.45, 7) is 0. The molecule has 0 spiro atoms. The topological polar surface area (TPSA) is 50.3 Å². The van der Waals surface area contributed by atoms with E-state index in [2.05, 4.69) is 4.98 Å². The van der Waals surface area contributed by atoms with E-state index in [4.69, 9.17) is 23.2 Å². The van der Waals surface area contributed by atoms with Crippen LogP contribution >= 0.6 is 46.3 Å². The number of rotatable bonds is 3. The Hall–Kier alpha value is -1.60. The van der Waals surface area contributed by atoms with E-state index in [0.717, 1.165) is 19.5 Å². The van der Waals surface area contributed by atoms with Crippen molar-refractivity contribution < 1.29 is 9.59 Å². The summed E-state index contributed by atoms with van der Waals surface area (Å²) in [6.07, 6.45) is 0.113. The second-order valence-corrected chi connectivity index (χ2v) is 8.75. The van der Waals surface area contributed by atoms with E-state index in [0.29, 0.717) is 15.7 Å². The van der Waals surface area contributed by atoms with E-state index in [1.165, 1.54) is 29.2 Å². The molecule has 0 N–H and O–H groups in total. The zero-order valence-corrected chi connectivity index (χ0v) is 15.8. The second kappa shape index (κ2) is 6.61. The molecule has 8 heteroatoms. The molecule has 2 heterocycles. The van der Waals surface area contributed by atoms with Crippen molar-refractivity contribution in [3.05, 3.63) is 52.5 Å². The van der Waals surface area contributed by atoms with E-state index >= 15 is 0 Å². The molecule has 1 unspecified atom stereocenters. The van der Waals surface area contributed by atoms with Crippen molar-refractivity contribution in [2.45, 2.75) is 16.0 Å². The fraction of sp³-hybridized carbons (Fsp3) is 0.118. The summed E-state index contributed by atoms with van der Waals surface area (Å²) in [6, 6.07) is 12.5. The van der Waals surface area contributed by atoms with Crippen LogP contribution in [0.4, 0.5) is 5.69 Å². The summed E-state index contributed by atoms with van der Waals surface area (Å²) < 4.78 is 1.82. The number of thioether (sulfide) groups is 1. The highest BCUT2D eigenvalue weighted by Gasteiger charge is 2.41. The first-order valence-electron chi connectivity index (χ1n) is 7.37. The number of carbonyl (C=O) groups excluding carboxylic acids is 2. The van der Waals surface area contributed by atoms with Crippen LogP contribution in [0.3, 0.4) is 0 Å². The van der Waals surface area contributed by atoms with Gasteiger partial charge in [0.25, 0.3) is 0 Å². The third-order valence-electron chi connectivity index (χ3n) is 3.77. The number of amides is 2. The largest absolute Gasteiger partial charge is 0.274 e. The second-order valence-electron chi connectivity index (χ2n) is 5.42. The number of carbonyl (C=O) groups is 2. The van der Waals surface area contributed by atoms with E-state index in [-0.39, 0.29) is 18.2 Å². The smallest absolute Gasteiger partial charge is 0.247 e. The normalized spacial score (nSPS) is 17.7. The standard InChI is InChI=1S/C17H10Cl2N2O2S2/c18-9-5-6-10(19)12(7-9)21-15(22)8-14(16(21)23)25-17-20-11-3-1-2-4-13(11)24-17/h1-7,14H,8H2. The number of nitrogens with zero attached hydrogens (tertiary/aromatic N) is 2. The van der Waals surface area contributed by atoms with Crippen LogP contribution in [0.1, 0.15) is 6.42 Å². The molecule has 0 radical (unpaired) electrons. The number of para-hydroxylation sites is 1. The van der Waals surface area contributed by atoms with Crippen molar-refractivity contribution in [3.63, 3.8) is 0 Å². The van der Waals surface area contributed by atoms with Crippen LogP contribution in [0.25, 0.3) is 10.2 Å². The first-order valence-corrected chi connectivity index (χ1v) is 9.82. The minimum atomic E-state index is -0.511. The van der Waals surface area contributed by atoms with Crippen LogP contribution in [0, 0.1) is 0 Å². The number of halogens is 2. The van der Waals surface area contributed by atoms with Crippen molar-refractivity contribution in [2.75, 3.05) is 4.90 Å². The summed E-state index contributed by atoms with van der Waals surface area (Å²) in [5.74, 6) is -0.578. The Labute approximate surface area is 161 Å². The quantitative estimate of drug-likeness (QED) is 0.570. The predicted octanol–water partition coefficient (Wildman–Crippen LogP) is 5.03. The van der Waals surface area contributed by atoms with Crippen LogP contribution in [-0.2, 0) is 9.59 Å². The maximum atomic E-state index is 12.8. The van der Waals surface area contributed by atoms with Crippen molar-refractivity contribution in [1.29, 1.82) is 0 Å². The molecule has 1 aliphatic heterocycles. The van der Waals surface area contributed by atoms with Gasteiger partial charge in [-0.15, -0.1) is 11.3 Å². The van der Waals surface area contributed by atoms with Gasteiger partial charge >= 0.3 is 0 Å². The number of aromatic nitrogens is 1. The zero-order chi connectivity index (χ0) is 17.6. The maximum absolute atomic E-state index is 12.8. The molecule has 0 saturated carbocycles. The van der Waals surface area contributed by atoms with Crippen LogP contribution < -0.4 is 4.90 Å². The molecule has 126 valence electrons. The maximum Gasteiger partial charge on any atom is 0.247 e. The lowest BCUT2D eigenvalue weighted by atomic mass is 10.3. The molecule has 1 saturated heterocycles. The summed E-state index contributed by atoms with van der Waals surface area (Å²) >= 11 is 15.0. The highest BCUT2D eigenvalue weighted by atomic mass is 35.5. The molecule has 0 aliphatic carbocycles. The Balaban J connectivity index is 1.61. The highest BCUT2D eigenvalue weighted by Crippen LogP contribution is 2.39. The van der Waals surface area contributed by atoms with Gasteiger partial charge in [-0.3, -0.25) is 9.59 Å². The van der Waals surface area contributed by atoms with Gasteiger partial charge in [-0.05, 0) is 30.3 Å². The van der Waals surface area contributed by atoms with Gasteiger partial charge in [-0.1, -0.05) is 47.1 Å². The van der Waals surface area contributed by atoms with Crippen molar-refractivity contribution in [3.8, 4) is 0 Å². The molecule has 1 aromatic heterocycles. The van der Waals surface area contributed by atoms with E-state index in [1.807, 2.05) is 24.3 Å². The van der Waals surface area contributed by atoms with Crippen LogP contribution in [0.5, 0.6) is 0 Å². The minimum absolute atomic E-state index is 0.113. The van der Waals surface area contributed by atoms with Crippen molar-refractivity contribution in [1.82, 2.24) is 4.98 Å². The summed E-state index contributed by atoms with van der Waals surface area (Å²) in [7, 11) is 0. The molecule has 1 fully saturated rings. The molecule has 25 heavy (non-hydrogen) atoms. The lowest BCUT2D eigenvalue weighted by Gasteiger charge is -2.16. The Kier molecular flexibility index (Phi) is 4.45. The van der Waals surface area contributed by atoms with E-state index < -0.39 is 5.25 Å². The summed E-state index contributed by atoms with van der Waals surface area (Å²) in [5.41, 5.74) is 1.22. The molecule has 4 rings (SSSR count). The minimum Gasteiger partial charge on any atom is -0.274 e. The Morgan fingerprint density at radius 1 is 1.16 bits per heavy atom. The van der Waals surface area contributed by atoms with E-state index in [1.54, 1.807) is 12.1 Å². The highest BCUT2D eigenvalue weighted by molar-refractivity contribution is 8.02. The molecular weight excluding hydrogens is 399 g/mol. The van der Waals surface area contributed by atoms with E-state index in [9.17, 15) is 9.59 Å². The van der Waals surface area contributed by atoms with Crippen LogP contribution in [-0.4, -0.2) is 22.0 Å². The lowest BCUT2D eigenvalue weighted by molar-refractivity contribution is -0.121. The van der Waals surface area contributed by atoms with Gasteiger partial charge in [0, 0.05) is 11.4 Å². The van der Waals surface area contributed by atoms with Gasteiger partial charge in [-0.25, -0.2) is 9.88 Å². The van der Waals surface area contributed by atoms with Crippen LogP contribution in [0.2, 0.25) is 10.0 Å². The molecule has 3 aromatic rings. The monoisotopic (exact) mass is 408 g/mol. The SMILES string of the molecule is O=C1CC(Sc2nc3ccccc3s2)C(=O)N1c1cc(Cl)ccc1Cl. The molecule has 2 aromatic carbocycles. The van der Waals surface area contributed by atoms with Crippen molar-refractivity contribution >= 4 is 74.0 Å². The number of imide groups is 1. The molecular formula is C17H10Cl2N2O2S2. The van der Waals surface area contributed by atoms with Gasteiger partial charge in [-0.2, -0.15) is 0 Å². The van der Waals surface area contributed by atoms with Gasteiger partial charge in [0.1, 0.15) is 5.25 Å². The summed E-state index contributed by atoms with van der Waals surface area (Å²) in [4.78, 5) is 30.8. The van der Waals surface area contributed by atoms with Gasteiger partial charge < -0.3 is 0 Å². The Morgan fingerprint density at radius 3 is 2.76 bits per heavy atom. The lowest BCUT2D eigenvalue weighted by Crippen LogP contribution is -2.31. The number of thiazole rings is 1. The van der Waals surface area contributed by atoms with Crippen LogP contribution in [0.15, 0.2) is 46.8 Å². The Morgan fingerprint density at radius 2 is 1.96 bits per heavy atom. The number of hydrogen-bond acceptors (Lipinski definition) is 5. The fourth-order valence-corrected chi connectivity index (χ4v) is 5.33. The molecule has 4 nitrogen and oxygen atoms in total. The van der Waals surface area contributed by atoms with Crippen molar-refractivity contribution in [2.24, 2.45) is 0 Å². The zero-order valence-electron chi connectivity index (χ0n) is 12.6. The summed E-state index contributed by atoms with van der Waals surface area (Å²) in [5, 5.41) is 0.224. The molecule has 0 bridgehead atoms. The van der Waals surface area contributed by atoms with Gasteiger partial charge in [0.15, 0.2) is 4.34 Å². The Bertz CT molecular complexity index is 972. The fourth-order valence-electron chi connectivity index (χ4n) is 2.63.